The molecular weight excluding hydrogens is 280 g/mol. The van der Waals surface area contributed by atoms with E-state index in [-0.39, 0.29) is 17.8 Å². The predicted molar refractivity (Wildman–Crippen MR) is 74.1 cm³/mol. The monoisotopic (exact) mass is 297 g/mol. The number of amides is 1. The Morgan fingerprint density at radius 3 is 3.00 bits per heavy atom. The standard InChI is InChI=1S/C15H17F2NO3/c16-15(17)21-13-6-2-1-4-11(13)7-8-14(19)18-10-12-5-3-9-20-12/h1-2,4,6-8,12,15H,3,5,9-10H2,(H,18,19). The number of carbonyl (C=O) groups excluding carboxylic acids is 1. The van der Waals surface area contributed by atoms with E-state index in [9.17, 15) is 13.6 Å². The maximum Gasteiger partial charge on any atom is 0.387 e. The van der Waals surface area contributed by atoms with Crippen LogP contribution in [0.3, 0.4) is 0 Å². The zero-order valence-corrected chi connectivity index (χ0v) is 11.4. The summed E-state index contributed by atoms with van der Waals surface area (Å²) >= 11 is 0. The van der Waals surface area contributed by atoms with E-state index in [1.807, 2.05) is 0 Å². The third kappa shape index (κ3) is 5.15. The van der Waals surface area contributed by atoms with Gasteiger partial charge >= 0.3 is 6.61 Å². The molecule has 0 bridgehead atoms. The van der Waals surface area contributed by atoms with E-state index in [0.29, 0.717) is 12.1 Å². The van der Waals surface area contributed by atoms with Gasteiger partial charge in [-0.05, 0) is 25.0 Å². The summed E-state index contributed by atoms with van der Waals surface area (Å²) in [5.41, 5.74) is 0.421. The van der Waals surface area contributed by atoms with Crippen LogP contribution in [0.2, 0.25) is 0 Å². The van der Waals surface area contributed by atoms with E-state index in [1.165, 1.54) is 18.2 Å². The zero-order valence-electron chi connectivity index (χ0n) is 11.4. The Labute approximate surface area is 121 Å². The number of halogens is 2. The first-order chi connectivity index (χ1) is 10.1. The first-order valence-corrected chi connectivity index (χ1v) is 6.76. The Morgan fingerprint density at radius 2 is 2.29 bits per heavy atom. The second-order valence-electron chi connectivity index (χ2n) is 4.63. The first kappa shape index (κ1) is 15.4. The van der Waals surface area contributed by atoms with Crippen molar-refractivity contribution in [2.45, 2.75) is 25.6 Å². The molecule has 0 spiro atoms. The number of nitrogens with one attached hydrogen (secondary N) is 1. The minimum Gasteiger partial charge on any atom is -0.434 e. The lowest BCUT2D eigenvalue weighted by molar-refractivity contribution is -0.116. The molecule has 0 radical (unpaired) electrons. The smallest absolute Gasteiger partial charge is 0.387 e. The molecule has 6 heteroatoms. The second-order valence-corrected chi connectivity index (χ2v) is 4.63. The molecule has 0 aromatic heterocycles. The molecule has 0 aliphatic carbocycles. The van der Waals surface area contributed by atoms with Gasteiger partial charge in [0.15, 0.2) is 0 Å². The molecule has 2 rings (SSSR count). The number of para-hydroxylation sites is 1. The Balaban J connectivity index is 1.88. The van der Waals surface area contributed by atoms with Crippen LogP contribution in [-0.2, 0) is 9.53 Å². The number of rotatable bonds is 6. The summed E-state index contributed by atoms with van der Waals surface area (Å²) in [7, 11) is 0. The molecule has 1 aromatic carbocycles. The predicted octanol–water partition coefficient (Wildman–Crippen LogP) is 2.60. The molecule has 1 unspecified atom stereocenters. The molecule has 21 heavy (non-hydrogen) atoms. The van der Waals surface area contributed by atoms with Gasteiger partial charge in [-0.3, -0.25) is 4.79 Å². The van der Waals surface area contributed by atoms with Crippen molar-refractivity contribution in [3.8, 4) is 5.75 Å². The van der Waals surface area contributed by atoms with Gasteiger partial charge in [0.2, 0.25) is 5.91 Å². The van der Waals surface area contributed by atoms with E-state index in [2.05, 4.69) is 10.1 Å². The lowest BCUT2D eigenvalue weighted by Gasteiger charge is -2.09. The SMILES string of the molecule is O=C(C=Cc1ccccc1OC(F)F)NCC1CCCO1. The quantitative estimate of drug-likeness (QED) is 0.821. The van der Waals surface area contributed by atoms with Crippen molar-refractivity contribution >= 4 is 12.0 Å². The molecule has 114 valence electrons. The van der Waals surface area contributed by atoms with E-state index in [1.54, 1.807) is 18.2 Å². The summed E-state index contributed by atoms with van der Waals surface area (Å²) in [6.07, 6.45) is 4.76. The van der Waals surface area contributed by atoms with Crippen LogP contribution in [0.5, 0.6) is 5.75 Å². The normalized spacial score (nSPS) is 18.3. The molecule has 1 aromatic rings. The van der Waals surface area contributed by atoms with Gasteiger partial charge < -0.3 is 14.8 Å². The van der Waals surface area contributed by atoms with Crippen LogP contribution in [0.1, 0.15) is 18.4 Å². The summed E-state index contributed by atoms with van der Waals surface area (Å²) in [5, 5.41) is 2.72. The summed E-state index contributed by atoms with van der Waals surface area (Å²) in [6, 6.07) is 6.30. The van der Waals surface area contributed by atoms with E-state index in [0.717, 1.165) is 19.4 Å². The molecule has 1 heterocycles. The number of hydrogen-bond donors (Lipinski definition) is 1. The minimum atomic E-state index is -2.90. The lowest BCUT2D eigenvalue weighted by Crippen LogP contribution is -2.30. The Kier molecular flexibility index (Phi) is 5.68. The van der Waals surface area contributed by atoms with Crippen molar-refractivity contribution in [2.75, 3.05) is 13.2 Å². The molecule has 1 saturated heterocycles. The molecule has 1 fully saturated rings. The van der Waals surface area contributed by atoms with Gasteiger partial charge in [-0.2, -0.15) is 8.78 Å². The molecule has 1 amide bonds. The highest BCUT2D eigenvalue weighted by Gasteiger charge is 2.15. The molecule has 1 aliphatic heterocycles. The zero-order chi connectivity index (χ0) is 15.1. The Bertz CT molecular complexity index is 499. The van der Waals surface area contributed by atoms with Crippen LogP contribution in [0.4, 0.5) is 8.78 Å². The average Bonchev–Trinajstić information content (AvgIpc) is 2.97. The highest BCUT2D eigenvalue weighted by Crippen LogP contribution is 2.21. The summed E-state index contributed by atoms with van der Waals surface area (Å²) < 4.78 is 34.3. The van der Waals surface area contributed by atoms with Crippen LogP contribution < -0.4 is 10.1 Å². The fourth-order valence-electron chi connectivity index (χ4n) is 2.07. The average molecular weight is 297 g/mol. The van der Waals surface area contributed by atoms with E-state index in [4.69, 9.17) is 4.74 Å². The van der Waals surface area contributed by atoms with E-state index >= 15 is 0 Å². The number of alkyl halides is 2. The Morgan fingerprint density at radius 1 is 1.48 bits per heavy atom. The van der Waals surface area contributed by atoms with Gasteiger partial charge in [0.25, 0.3) is 0 Å². The van der Waals surface area contributed by atoms with Crippen LogP contribution >= 0.6 is 0 Å². The third-order valence-corrected chi connectivity index (χ3v) is 3.08. The summed E-state index contributed by atoms with van der Waals surface area (Å²) in [4.78, 5) is 11.7. The first-order valence-electron chi connectivity index (χ1n) is 6.76. The van der Waals surface area contributed by atoms with Gasteiger partial charge in [-0.1, -0.05) is 18.2 Å². The van der Waals surface area contributed by atoms with Crippen molar-refractivity contribution in [3.63, 3.8) is 0 Å². The maximum atomic E-state index is 12.3. The minimum absolute atomic E-state index is 0.0377. The lowest BCUT2D eigenvalue weighted by atomic mass is 10.2. The third-order valence-electron chi connectivity index (χ3n) is 3.08. The molecule has 0 saturated carbocycles. The summed E-state index contributed by atoms with van der Waals surface area (Å²) in [6.45, 7) is -1.71. The molecule has 4 nitrogen and oxygen atoms in total. The van der Waals surface area contributed by atoms with Gasteiger partial charge in [0.1, 0.15) is 5.75 Å². The molecule has 1 aliphatic rings. The number of ether oxygens (including phenoxy) is 2. The fourth-order valence-corrected chi connectivity index (χ4v) is 2.07. The molecule has 1 atom stereocenters. The topological polar surface area (TPSA) is 47.6 Å². The maximum absolute atomic E-state index is 12.3. The van der Waals surface area contributed by atoms with Crippen molar-refractivity contribution < 1.29 is 23.0 Å². The second kappa shape index (κ2) is 7.73. The van der Waals surface area contributed by atoms with Gasteiger partial charge in [0, 0.05) is 24.8 Å². The van der Waals surface area contributed by atoms with Crippen LogP contribution in [0.15, 0.2) is 30.3 Å². The number of carbonyl (C=O) groups is 1. The van der Waals surface area contributed by atoms with Crippen molar-refractivity contribution in [1.82, 2.24) is 5.32 Å². The highest BCUT2D eigenvalue weighted by atomic mass is 19.3. The van der Waals surface area contributed by atoms with Crippen molar-refractivity contribution in [2.24, 2.45) is 0 Å². The molecule has 1 N–H and O–H groups in total. The van der Waals surface area contributed by atoms with Crippen molar-refractivity contribution in [3.05, 3.63) is 35.9 Å². The van der Waals surface area contributed by atoms with E-state index < -0.39 is 6.61 Å². The van der Waals surface area contributed by atoms with Gasteiger partial charge in [-0.25, -0.2) is 0 Å². The van der Waals surface area contributed by atoms with Crippen LogP contribution in [0, 0.1) is 0 Å². The largest absolute Gasteiger partial charge is 0.434 e. The van der Waals surface area contributed by atoms with Crippen LogP contribution in [0.25, 0.3) is 6.08 Å². The highest BCUT2D eigenvalue weighted by molar-refractivity contribution is 5.92. The number of benzene rings is 1. The number of hydrogen-bond acceptors (Lipinski definition) is 3. The van der Waals surface area contributed by atoms with Gasteiger partial charge in [0.05, 0.1) is 6.10 Å². The van der Waals surface area contributed by atoms with Crippen LogP contribution in [-0.4, -0.2) is 31.8 Å². The fraction of sp³-hybridized carbons (Fsp3) is 0.400. The Hall–Kier alpha value is -1.95. The molecular formula is C15H17F2NO3. The van der Waals surface area contributed by atoms with Crippen molar-refractivity contribution in [1.29, 1.82) is 0 Å². The summed E-state index contributed by atoms with van der Waals surface area (Å²) in [5.74, 6) is -0.256. The van der Waals surface area contributed by atoms with Gasteiger partial charge in [-0.15, -0.1) is 0 Å².